The molecule has 0 aromatic heterocycles. The molecule has 3 aromatic rings. The number of para-hydroxylation sites is 1. The molecule has 0 N–H and O–H groups in total. The molecular formula is C29H26N2O6. The number of nitriles is 2. The lowest BCUT2D eigenvalue weighted by atomic mass is 9.70. The van der Waals surface area contributed by atoms with Crippen molar-refractivity contribution in [3.8, 4) is 46.6 Å². The molecule has 0 aliphatic heterocycles. The molecule has 3 aromatic carbocycles. The molecule has 1 aliphatic carbocycles. The highest BCUT2D eigenvalue weighted by Gasteiger charge is 2.50. The van der Waals surface area contributed by atoms with Crippen molar-refractivity contribution < 1.29 is 28.4 Å². The first-order chi connectivity index (χ1) is 18.0. The van der Waals surface area contributed by atoms with Gasteiger partial charge in [-0.15, -0.1) is 0 Å². The van der Waals surface area contributed by atoms with Crippen LogP contribution in [0.3, 0.4) is 0 Å². The Hall–Kier alpha value is -4.82. The molecule has 0 saturated carbocycles. The number of hydrogen-bond acceptors (Lipinski definition) is 8. The SMILES string of the molecule is COc1ccc(C2(C#N)C(c3cccc(OC)c3OC)=C(C#N)c3cc(OC)c(OC)cc32)cc1OC. The molecule has 1 aliphatic rings. The number of ether oxygens (including phenoxy) is 6. The maximum Gasteiger partial charge on any atom is 0.168 e. The van der Waals surface area contributed by atoms with Gasteiger partial charge in [-0.1, -0.05) is 18.2 Å². The zero-order valence-electron chi connectivity index (χ0n) is 21.5. The van der Waals surface area contributed by atoms with Crippen molar-refractivity contribution in [3.63, 3.8) is 0 Å². The normalized spacial score (nSPS) is 15.8. The van der Waals surface area contributed by atoms with Crippen molar-refractivity contribution in [1.82, 2.24) is 0 Å². The van der Waals surface area contributed by atoms with E-state index in [4.69, 9.17) is 28.4 Å². The van der Waals surface area contributed by atoms with Gasteiger partial charge < -0.3 is 28.4 Å². The summed E-state index contributed by atoms with van der Waals surface area (Å²) in [6.45, 7) is 0. The van der Waals surface area contributed by atoms with Crippen LogP contribution < -0.4 is 28.4 Å². The average Bonchev–Trinajstić information content (AvgIpc) is 3.24. The van der Waals surface area contributed by atoms with Gasteiger partial charge in [-0.25, -0.2) is 0 Å². The van der Waals surface area contributed by atoms with E-state index in [0.29, 0.717) is 67.9 Å². The van der Waals surface area contributed by atoms with Crippen LogP contribution in [0.4, 0.5) is 0 Å². The van der Waals surface area contributed by atoms with Crippen molar-refractivity contribution in [3.05, 3.63) is 70.8 Å². The summed E-state index contributed by atoms with van der Waals surface area (Å²) in [7, 11) is 9.17. The van der Waals surface area contributed by atoms with Crippen molar-refractivity contribution in [2.24, 2.45) is 0 Å². The Balaban J connectivity index is 2.21. The Labute approximate surface area is 215 Å². The van der Waals surface area contributed by atoms with Crippen LogP contribution in [0.1, 0.15) is 22.3 Å². The predicted octanol–water partition coefficient (Wildman–Crippen LogP) is 5.00. The van der Waals surface area contributed by atoms with Gasteiger partial charge in [0, 0.05) is 16.7 Å². The first-order valence-electron chi connectivity index (χ1n) is 11.3. The fraction of sp³-hybridized carbons (Fsp3) is 0.241. The summed E-state index contributed by atoms with van der Waals surface area (Å²) >= 11 is 0. The summed E-state index contributed by atoms with van der Waals surface area (Å²) in [5.74, 6) is 2.69. The zero-order valence-corrected chi connectivity index (χ0v) is 21.5. The standard InChI is InChI=1S/C29H26N2O6/c1-32-22-11-10-17(12-24(22)34-3)29(16-31)21-14-26(36-5)25(35-4)13-19(21)20(15-30)27(29)18-8-7-9-23(33-2)28(18)37-6/h7-14H,1-6H3. The van der Waals surface area contributed by atoms with Crippen LogP contribution in [0.25, 0.3) is 11.1 Å². The summed E-state index contributed by atoms with van der Waals surface area (Å²) in [5.41, 5.74) is 1.55. The quantitative estimate of drug-likeness (QED) is 0.428. The lowest BCUT2D eigenvalue weighted by Gasteiger charge is -2.29. The number of benzene rings is 3. The van der Waals surface area contributed by atoms with Gasteiger partial charge in [0.05, 0.1) is 54.3 Å². The maximum atomic E-state index is 11.0. The third-order valence-corrected chi connectivity index (χ3v) is 6.59. The molecule has 0 heterocycles. The molecule has 0 radical (unpaired) electrons. The fourth-order valence-electron chi connectivity index (χ4n) is 4.94. The third-order valence-electron chi connectivity index (χ3n) is 6.59. The highest BCUT2D eigenvalue weighted by atomic mass is 16.5. The van der Waals surface area contributed by atoms with Gasteiger partial charge in [0.1, 0.15) is 11.5 Å². The number of methoxy groups -OCH3 is 6. The second kappa shape index (κ2) is 10.0. The van der Waals surface area contributed by atoms with Crippen molar-refractivity contribution in [2.45, 2.75) is 5.41 Å². The van der Waals surface area contributed by atoms with Crippen LogP contribution in [0, 0.1) is 22.7 Å². The van der Waals surface area contributed by atoms with Gasteiger partial charge >= 0.3 is 0 Å². The van der Waals surface area contributed by atoms with E-state index in [1.165, 1.54) is 35.5 Å². The number of allylic oxidation sites excluding steroid dienone is 2. The second-order valence-corrected chi connectivity index (χ2v) is 8.09. The molecule has 37 heavy (non-hydrogen) atoms. The molecule has 0 fully saturated rings. The number of fused-ring (bicyclic) bond motifs is 1. The number of rotatable bonds is 8. The van der Waals surface area contributed by atoms with E-state index < -0.39 is 5.41 Å². The van der Waals surface area contributed by atoms with Gasteiger partial charge in [-0.2, -0.15) is 10.5 Å². The minimum Gasteiger partial charge on any atom is -0.493 e. The molecule has 0 bridgehead atoms. The van der Waals surface area contributed by atoms with Crippen LogP contribution in [-0.4, -0.2) is 42.7 Å². The fourth-order valence-corrected chi connectivity index (χ4v) is 4.94. The maximum absolute atomic E-state index is 11.0. The largest absolute Gasteiger partial charge is 0.493 e. The Bertz CT molecular complexity index is 1480. The van der Waals surface area contributed by atoms with Crippen LogP contribution in [0.15, 0.2) is 48.5 Å². The van der Waals surface area contributed by atoms with Crippen molar-refractivity contribution in [2.75, 3.05) is 42.7 Å². The van der Waals surface area contributed by atoms with E-state index in [0.717, 1.165) is 0 Å². The molecule has 0 amide bonds. The molecule has 8 nitrogen and oxygen atoms in total. The topological polar surface area (TPSA) is 103 Å². The zero-order chi connectivity index (χ0) is 26.7. The Morgan fingerprint density at radius 1 is 0.622 bits per heavy atom. The average molecular weight is 499 g/mol. The smallest absolute Gasteiger partial charge is 0.168 e. The van der Waals surface area contributed by atoms with Crippen molar-refractivity contribution in [1.29, 1.82) is 10.5 Å². The summed E-state index contributed by atoms with van der Waals surface area (Å²) in [5, 5.41) is 21.5. The summed E-state index contributed by atoms with van der Waals surface area (Å²) in [6, 6.07) is 19.0. The molecule has 188 valence electrons. The first-order valence-corrected chi connectivity index (χ1v) is 11.3. The molecule has 0 spiro atoms. The van der Waals surface area contributed by atoms with Gasteiger partial charge in [0.25, 0.3) is 0 Å². The van der Waals surface area contributed by atoms with E-state index in [2.05, 4.69) is 12.1 Å². The lowest BCUT2D eigenvalue weighted by Crippen LogP contribution is -2.26. The predicted molar refractivity (Wildman–Crippen MR) is 137 cm³/mol. The summed E-state index contributed by atoms with van der Waals surface area (Å²) in [6.07, 6.45) is 0. The monoisotopic (exact) mass is 498 g/mol. The van der Waals surface area contributed by atoms with Crippen LogP contribution in [0.5, 0.6) is 34.5 Å². The third kappa shape index (κ3) is 3.66. The van der Waals surface area contributed by atoms with Gasteiger partial charge in [-0.3, -0.25) is 0 Å². The van der Waals surface area contributed by atoms with E-state index >= 15 is 0 Å². The Morgan fingerprint density at radius 3 is 1.81 bits per heavy atom. The minimum absolute atomic E-state index is 0.304. The molecule has 1 atom stereocenters. The van der Waals surface area contributed by atoms with Crippen LogP contribution in [-0.2, 0) is 5.41 Å². The van der Waals surface area contributed by atoms with Gasteiger partial charge in [0.15, 0.2) is 34.5 Å². The van der Waals surface area contributed by atoms with Crippen molar-refractivity contribution >= 4 is 11.1 Å². The highest BCUT2D eigenvalue weighted by molar-refractivity contribution is 6.11. The molecule has 0 saturated heterocycles. The lowest BCUT2D eigenvalue weighted by molar-refractivity contribution is 0.353. The Kier molecular flexibility index (Phi) is 6.86. The Morgan fingerprint density at radius 2 is 1.24 bits per heavy atom. The van der Waals surface area contributed by atoms with E-state index in [9.17, 15) is 10.5 Å². The van der Waals surface area contributed by atoms with E-state index in [-0.39, 0.29) is 0 Å². The minimum atomic E-state index is -1.45. The molecule has 1 unspecified atom stereocenters. The van der Waals surface area contributed by atoms with E-state index in [1.807, 2.05) is 0 Å². The van der Waals surface area contributed by atoms with Gasteiger partial charge in [-0.05, 0) is 41.5 Å². The van der Waals surface area contributed by atoms with Crippen LogP contribution >= 0.6 is 0 Å². The molecule has 8 heteroatoms. The number of hydrogen-bond donors (Lipinski definition) is 0. The summed E-state index contributed by atoms with van der Waals surface area (Å²) < 4.78 is 33.4. The highest BCUT2D eigenvalue weighted by Crippen LogP contribution is 2.58. The van der Waals surface area contributed by atoms with E-state index in [1.54, 1.807) is 55.6 Å². The first kappa shape index (κ1) is 25.3. The number of nitrogens with zero attached hydrogens (tertiary/aromatic N) is 2. The molecule has 4 rings (SSSR count). The second-order valence-electron chi connectivity index (χ2n) is 8.09. The van der Waals surface area contributed by atoms with Gasteiger partial charge in [0.2, 0.25) is 0 Å². The molecular weight excluding hydrogens is 472 g/mol. The van der Waals surface area contributed by atoms with Crippen LogP contribution in [0.2, 0.25) is 0 Å². The summed E-state index contributed by atoms with van der Waals surface area (Å²) in [4.78, 5) is 0.